The van der Waals surface area contributed by atoms with Gasteiger partial charge in [0.2, 0.25) is 5.91 Å². The maximum Gasteiger partial charge on any atom is 0.315 e. The van der Waals surface area contributed by atoms with Crippen molar-refractivity contribution in [3.8, 4) is 5.75 Å². The molecule has 0 unspecified atom stereocenters. The summed E-state index contributed by atoms with van der Waals surface area (Å²) in [6, 6.07) is 44.6. The molecule has 0 aliphatic carbocycles. The summed E-state index contributed by atoms with van der Waals surface area (Å²) in [5.41, 5.74) is 18.0. The number of hydrogen-bond donors (Lipinski definition) is 5. The van der Waals surface area contributed by atoms with E-state index in [0.29, 0.717) is 12.8 Å². The third kappa shape index (κ3) is 16.0. The molecule has 2 aliphatic rings. The van der Waals surface area contributed by atoms with Gasteiger partial charge in [-0.2, -0.15) is 0 Å². The first kappa shape index (κ1) is 62.3. The maximum absolute atomic E-state index is 11.1. The third-order valence-electron chi connectivity index (χ3n) is 15.0. The van der Waals surface area contributed by atoms with Crippen molar-refractivity contribution in [2.75, 3.05) is 5.32 Å². The van der Waals surface area contributed by atoms with Gasteiger partial charge in [0.1, 0.15) is 5.75 Å². The van der Waals surface area contributed by atoms with Crippen LogP contribution in [0.5, 0.6) is 5.75 Å². The number of aromatic amines is 4. The van der Waals surface area contributed by atoms with Crippen LogP contribution in [0.4, 0.5) is 5.69 Å². The fourth-order valence-corrected chi connectivity index (χ4v) is 10.3. The fraction of sp³-hybridized carbons (Fsp3) is 0.370. The fourth-order valence-electron chi connectivity index (χ4n) is 9.87. The van der Waals surface area contributed by atoms with E-state index < -0.39 is 0 Å². The molecule has 0 bridgehead atoms. The molecular weight excluding hydrogens is 1030 g/mol. The summed E-state index contributed by atoms with van der Waals surface area (Å²) in [6.07, 6.45) is 6.87. The van der Waals surface area contributed by atoms with Crippen LogP contribution >= 0.6 is 11.6 Å². The molecule has 5 N–H and O–H groups in total. The minimum absolute atomic E-state index is 0.0936. The molecular formula is C73H90ClN5O3. The molecule has 1 amide bonds. The standard InChI is InChI=1S/C13H17N.C12H14ClN.C12H15NO.2C12H15N.C12H14O2/c1-9-7-10-8-11(13(2,3)4)5-6-12(10)14-9;1-12(2,3)9-7-11-8(4-5-14-11)6-10(9)13;1-12(2,3)9-5-4-8-6-11(14)13-10(8)7-9;1-12(2,3)10-5-4-9-6-7-13-11(9)8-10;1-12(2,3)10-6-4-5-9-7-8-13-11(9)10;1-12(2,3)9-5-4-8-6-11(13)14-10(8)7-9/h5-8,14H,1-4H3;4-7,14H,1-3H3;4-5,7H,6H2,1-3H3,(H,13,14);2*4-8,13H,1-3H3;4-5,7H,6H2,1-3H3. The van der Waals surface area contributed by atoms with E-state index in [1.54, 1.807) is 0 Å². The van der Waals surface area contributed by atoms with Crippen molar-refractivity contribution in [1.82, 2.24) is 19.9 Å². The number of halogens is 1. The summed E-state index contributed by atoms with van der Waals surface area (Å²) in [6.45, 7) is 41.7. The maximum atomic E-state index is 11.1. The van der Waals surface area contributed by atoms with Gasteiger partial charge in [0.05, 0.1) is 12.8 Å². The normalized spacial score (nSPS) is 13.3. The second kappa shape index (κ2) is 24.3. The number of ether oxygens (including phenoxy) is 1. The summed E-state index contributed by atoms with van der Waals surface area (Å²) in [5, 5.41) is 8.79. The zero-order valence-corrected chi connectivity index (χ0v) is 53.1. The lowest BCUT2D eigenvalue weighted by Gasteiger charge is -2.20. The van der Waals surface area contributed by atoms with Crippen LogP contribution in [-0.2, 0) is 54.9 Å². The molecule has 0 atom stereocenters. The van der Waals surface area contributed by atoms with Crippen molar-refractivity contribution >= 4 is 72.8 Å². The Kier molecular flexibility index (Phi) is 18.4. The first-order chi connectivity index (χ1) is 38.0. The highest BCUT2D eigenvalue weighted by atomic mass is 35.5. The zero-order valence-electron chi connectivity index (χ0n) is 52.4. The second-order valence-corrected chi connectivity index (χ2v) is 28.7. The Bertz CT molecular complexity index is 3760. The molecule has 0 fully saturated rings. The Morgan fingerprint density at radius 2 is 0.951 bits per heavy atom. The number of para-hydroxylation sites is 1. The molecule has 82 heavy (non-hydrogen) atoms. The number of H-pyrrole nitrogens is 4. The number of benzene rings is 6. The molecule has 10 aromatic rings. The van der Waals surface area contributed by atoms with Crippen molar-refractivity contribution in [1.29, 1.82) is 0 Å². The Labute approximate surface area is 493 Å². The van der Waals surface area contributed by atoms with Gasteiger partial charge in [-0.15, -0.1) is 0 Å². The van der Waals surface area contributed by atoms with Crippen molar-refractivity contribution < 1.29 is 14.3 Å². The van der Waals surface area contributed by atoms with E-state index in [9.17, 15) is 9.59 Å². The lowest BCUT2D eigenvalue weighted by atomic mass is 9.86. The smallest absolute Gasteiger partial charge is 0.315 e. The number of carbonyl (C=O) groups excluding carboxylic acids is 2. The second-order valence-electron chi connectivity index (χ2n) is 28.2. The molecule has 432 valence electrons. The molecule has 9 heteroatoms. The lowest BCUT2D eigenvalue weighted by Crippen LogP contribution is -2.11. The molecule has 0 radical (unpaired) electrons. The number of rotatable bonds is 0. The summed E-state index contributed by atoms with van der Waals surface area (Å²) < 4.78 is 5.10. The Balaban J connectivity index is 0.000000142. The summed E-state index contributed by atoms with van der Waals surface area (Å²) >= 11 is 6.23. The van der Waals surface area contributed by atoms with E-state index >= 15 is 0 Å². The van der Waals surface area contributed by atoms with Gasteiger partial charge in [-0.3, -0.25) is 9.59 Å². The van der Waals surface area contributed by atoms with E-state index in [2.05, 4.69) is 254 Å². The van der Waals surface area contributed by atoms with Crippen LogP contribution in [0.3, 0.4) is 0 Å². The molecule has 8 nitrogen and oxygen atoms in total. The number of aromatic nitrogens is 4. The van der Waals surface area contributed by atoms with Gasteiger partial charge < -0.3 is 30.0 Å². The molecule has 2 aliphatic heterocycles. The first-order valence-electron chi connectivity index (χ1n) is 28.8. The number of carbonyl (C=O) groups is 2. The number of anilines is 1. The number of hydrogen-bond acceptors (Lipinski definition) is 3. The van der Waals surface area contributed by atoms with Gasteiger partial charge in [-0.1, -0.05) is 197 Å². The van der Waals surface area contributed by atoms with E-state index in [4.69, 9.17) is 16.3 Å². The average molecular weight is 1120 g/mol. The van der Waals surface area contributed by atoms with Crippen molar-refractivity contribution in [2.24, 2.45) is 0 Å². The minimum atomic E-state index is -0.147. The summed E-state index contributed by atoms with van der Waals surface area (Å²) in [5.74, 6) is 0.694. The van der Waals surface area contributed by atoms with Gasteiger partial charge in [-0.05, 0) is 161 Å². The predicted octanol–water partition coefficient (Wildman–Crippen LogP) is 19.7. The highest BCUT2D eigenvalue weighted by Crippen LogP contribution is 2.35. The van der Waals surface area contributed by atoms with E-state index in [-0.39, 0.29) is 44.4 Å². The SMILES string of the molecule is CC(C)(C)c1cc2[nH]ccc2cc1Cl.CC(C)(C)c1ccc2c(c1)NC(=O)C2.CC(C)(C)c1ccc2c(c1)OC(=O)C2.CC(C)(C)c1ccc2cc[nH]c2c1.CC(C)(C)c1cccc2cc[nH]c12.Cc1cc2cc(C(C)(C)C)ccc2[nH]1. The number of nitrogens with one attached hydrogen (secondary N) is 5. The van der Waals surface area contributed by atoms with E-state index in [0.717, 1.165) is 33.1 Å². The quantitative estimate of drug-likeness (QED) is 0.0769. The van der Waals surface area contributed by atoms with Crippen LogP contribution in [0.2, 0.25) is 5.02 Å². The number of esters is 1. The van der Waals surface area contributed by atoms with Crippen molar-refractivity contribution in [2.45, 2.75) is 177 Å². The van der Waals surface area contributed by atoms with Gasteiger partial charge >= 0.3 is 5.97 Å². The van der Waals surface area contributed by atoms with Crippen molar-refractivity contribution in [3.63, 3.8) is 0 Å². The third-order valence-corrected chi connectivity index (χ3v) is 15.3. The Hall–Kier alpha value is -7.29. The van der Waals surface area contributed by atoms with Crippen LogP contribution < -0.4 is 10.1 Å². The topological polar surface area (TPSA) is 119 Å². The number of amides is 1. The zero-order chi connectivity index (χ0) is 60.3. The largest absolute Gasteiger partial charge is 0.426 e. The van der Waals surface area contributed by atoms with Crippen LogP contribution in [0, 0.1) is 6.92 Å². The van der Waals surface area contributed by atoms with Crippen LogP contribution in [-0.4, -0.2) is 31.8 Å². The van der Waals surface area contributed by atoms with E-state index in [1.165, 1.54) is 77.2 Å². The average Bonchev–Trinajstić information content (AvgIpc) is 4.44. The van der Waals surface area contributed by atoms with Crippen LogP contribution in [0.25, 0.3) is 43.6 Å². The lowest BCUT2D eigenvalue weighted by molar-refractivity contribution is -0.131. The molecule has 0 spiro atoms. The van der Waals surface area contributed by atoms with E-state index in [1.807, 2.05) is 48.9 Å². The van der Waals surface area contributed by atoms with Gasteiger partial charge in [0, 0.05) is 68.0 Å². The molecule has 4 aromatic heterocycles. The highest BCUT2D eigenvalue weighted by molar-refractivity contribution is 6.32. The van der Waals surface area contributed by atoms with Gasteiger partial charge in [0.15, 0.2) is 0 Å². The predicted molar refractivity (Wildman–Crippen MR) is 350 cm³/mol. The highest BCUT2D eigenvalue weighted by Gasteiger charge is 2.25. The molecule has 6 heterocycles. The van der Waals surface area contributed by atoms with Crippen molar-refractivity contribution in [3.05, 3.63) is 201 Å². The molecule has 6 aromatic carbocycles. The first-order valence-corrected chi connectivity index (χ1v) is 29.2. The van der Waals surface area contributed by atoms with Gasteiger partial charge in [0.25, 0.3) is 0 Å². The Morgan fingerprint density at radius 1 is 0.427 bits per heavy atom. The minimum Gasteiger partial charge on any atom is -0.426 e. The van der Waals surface area contributed by atoms with Crippen LogP contribution in [0.15, 0.2) is 146 Å². The summed E-state index contributed by atoms with van der Waals surface area (Å²) in [7, 11) is 0. The molecule has 12 rings (SSSR count). The monoisotopic (exact) mass is 1120 g/mol. The number of aryl methyl sites for hydroxylation is 1. The molecule has 0 saturated heterocycles. The van der Waals surface area contributed by atoms with Crippen LogP contribution in [0.1, 0.15) is 175 Å². The summed E-state index contributed by atoms with van der Waals surface area (Å²) in [4.78, 5) is 35.3. The molecule has 0 saturated carbocycles. The Morgan fingerprint density at radius 3 is 1.57 bits per heavy atom. The van der Waals surface area contributed by atoms with Gasteiger partial charge in [-0.25, -0.2) is 0 Å². The number of fused-ring (bicyclic) bond motifs is 6.